The van der Waals surface area contributed by atoms with Crippen molar-refractivity contribution in [1.82, 2.24) is 4.57 Å². The van der Waals surface area contributed by atoms with Gasteiger partial charge in [-0.15, -0.1) is 5.10 Å². The van der Waals surface area contributed by atoms with Crippen LogP contribution in [0.5, 0.6) is 0 Å². The third-order valence-electron chi connectivity index (χ3n) is 2.77. The fourth-order valence-electron chi connectivity index (χ4n) is 1.88. The summed E-state index contributed by atoms with van der Waals surface area (Å²) in [6, 6.07) is 11.1. The number of allylic oxidation sites excluding steroid dienone is 1. The number of hydrogen-bond donors (Lipinski definition) is 3. The summed E-state index contributed by atoms with van der Waals surface area (Å²) in [5, 5.41) is 16.4. The molecule has 2 rings (SSSR count). The van der Waals surface area contributed by atoms with Crippen molar-refractivity contribution in [2.45, 2.75) is 0 Å². The number of aromatic nitrogens is 1. The van der Waals surface area contributed by atoms with Gasteiger partial charge in [-0.25, -0.2) is 0 Å². The normalized spacial score (nSPS) is 10.9. The monoisotopic (exact) mass is 293 g/mol. The Bertz CT molecular complexity index is 786. The molecule has 0 aliphatic rings. The number of benzene rings is 1. The van der Waals surface area contributed by atoms with Gasteiger partial charge in [0.05, 0.1) is 11.3 Å². The average Bonchev–Trinajstić information content (AvgIpc) is 2.94. The van der Waals surface area contributed by atoms with E-state index in [0.29, 0.717) is 11.3 Å². The van der Waals surface area contributed by atoms with Crippen molar-refractivity contribution in [3.63, 3.8) is 0 Å². The van der Waals surface area contributed by atoms with Gasteiger partial charge in [-0.1, -0.05) is 0 Å². The molecule has 0 radical (unpaired) electrons. The quantitative estimate of drug-likeness (QED) is 0.338. The Hall–Kier alpha value is -3.53. The molecule has 1 aromatic carbocycles. The highest BCUT2D eigenvalue weighted by Gasteiger charge is 2.06. The number of hydrogen-bond acceptors (Lipinski definition) is 4. The first-order valence-electron chi connectivity index (χ1n) is 6.38. The molecule has 0 saturated carbocycles. The van der Waals surface area contributed by atoms with Crippen LogP contribution in [0.1, 0.15) is 11.3 Å². The van der Waals surface area contributed by atoms with Crippen molar-refractivity contribution < 1.29 is 0 Å². The SMILES string of the molecule is N#Cc1cc(N)ccc1-n1cccc1/C=C/C=N/N=C(N)N. The summed E-state index contributed by atoms with van der Waals surface area (Å²) in [4.78, 5) is 0. The maximum absolute atomic E-state index is 9.23. The number of rotatable bonds is 4. The van der Waals surface area contributed by atoms with Gasteiger partial charge in [-0.2, -0.15) is 10.4 Å². The molecule has 0 fully saturated rings. The van der Waals surface area contributed by atoms with Crippen molar-refractivity contribution in [2.75, 3.05) is 5.73 Å². The maximum Gasteiger partial charge on any atom is 0.211 e. The fraction of sp³-hybridized carbons (Fsp3) is 0. The van der Waals surface area contributed by atoms with E-state index in [9.17, 15) is 5.26 Å². The standard InChI is InChI=1S/C15H15N7/c16-10-11-9-12(17)5-6-14(11)22-8-2-4-13(22)3-1-7-20-21-15(18)19/h1-9H,17H2,(H4,18,19,21)/b3-1+,20-7+. The molecule has 0 spiro atoms. The lowest BCUT2D eigenvalue weighted by Gasteiger charge is -2.09. The van der Waals surface area contributed by atoms with Crippen LogP contribution in [0.3, 0.4) is 0 Å². The van der Waals surface area contributed by atoms with Crippen LogP contribution in [0.15, 0.2) is 52.8 Å². The molecule has 22 heavy (non-hydrogen) atoms. The number of anilines is 1. The van der Waals surface area contributed by atoms with Crippen molar-refractivity contribution in [3.8, 4) is 11.8 Å². The van der Waals surface area contributed by atoms with Gasteiger partial charge in [0, 0.05) is 23.8 Å². The van der Waals surface area contributed by atoms with Gasteiger partial charge >= 0.3 is 0 Å². The number of nitrogen functional groups attached to an aromatic ring is 1. The van der Waals surface area contributed by atoms with Gasteiger partial charge in [-0.3, -0.25) is 0 Å². The van der Waals surface area contributed by atoms with E-state index in [1.54, 1.807) is 24.3 Å². The van der Waals surface area contributed by atoms with E-state index >= 15 is 0 Å². The number of nitrogens with two attached hydrogens (primary N) is 3. The number of nitriles is 1. The average molecular weight is 293 g/mol. The van der Waals surface area contributed by atoms with E-state index in [0.717, 1.165) is 11.4 Å². The molecule has 0 atom stereocenters. The molecule has 1 heterocycles. The van der Waals surface area contributed by atoms with Crippen LogP contribution < -0.4 is 17.2 Å². The van der Waals surface area contributed by atoms with Crippen LogP contribution >= 0.6 is 0 Å². The minimum absolute atomic E-state index is 0.103. The zero-order valence-electron chi connectivity index (χ0n) is 11.7. The third-order valence-corrected chi connectivity index (χ3v) is 2.77. The second-order valence-electron chi connectivity index (χ2n) is 4.34. The molecule has 0 amide bonds. The number of guanidine groups is 1. The lowest BCUT2D eigenvalue weighted by Crippen LogP contribution is -2.21. The van der Waals surface area contributed by atoms with Gasteiger partial charge in [-0.05, 0) is 42.5 Å². The molecule has 2 aromatic rings. The zero-order chi connectivity index (χ0) is 15.9. The Morgan fingerprint density at radius 1 is 1.27 bits per heavy atom. The highest BCUT2D eigenvalue weighted by Crippen LogP contribution is 2.20. The molecule has 0 unspecified atom stereocenters. The van der Waals surface area contributed by atoms with E-state index < -0.39 is 0 Å². The smallest absolute Gasteiger partial charge is 0.211 e. The van der Waals surface area contributed by atoms with E-state index in [4.69, 9.17) is 17.2 Å². The Balaban J connectivity index is 2.31. The van der Waals surface area contributed by atoms with E-state index in [2.05, 4.69) is 16.3 Å². The first-order chi connectivity index (χ1) is 10.6. The maximum atomic E-state index is 9.23. The fourth-order valence-corrected chi connectivity index (χ4v) is 1.88. The highest BCUT2D eigenvalue weighted by molar-refractivity contribution is 5.80. The van der Waals surface area contributed by atoms with Crippen LogP contribution in [0, 0.1) is 11.3 Å². The number of nitrogens with zero attached hydrogens (tertiary/aromatic N) is 4. The topological polar surface area (TPSA) is 132 Å². The van der Waals surface area contributed by atoms with Gasteiger partial charge in [0.15, 0.2) is 0 Å². The Morgan fingerprint density at radius 2 is 2.09 bits per heavy atom. The predicted octanol–water partition coefficient (Wildman–Crippen LogP) is 1.20. The highest BCUT2D eigenvalue weighted by atomic mass is 15.3. The lowest BCUT2D eigenvalue weighted by molar-refractivity contribution is 1.06. The minimum Gasteiger partial charge on any atom is -0.399 e. The van der Waals surface area contributed by atoms with Crippen LogP contribution in [-0.4, -0.2) is 16.7 Å². The van der Waals surface area contributed by atoms with Crippen molar-refractivity contribution >= 4 is 23.9 Å². The predicted molar refractivity (Wildman–Crippen MR) is 88.2 cm³/mol. The first-order valence-corrected chi connectivity index (χ1v) is 6.38. The largest absolute Gasteiger partial charge is 0.399 e. The van der Waals surface area contributed by atoms with E-state index in [-0.39, 0.29) is 5.96 Å². The molecular weight excluding hydrogens is 278 g/mol. The summed E-state index contributed by atoms with van der Waals surface area (Å²) in [6.45, 7) is 0. The van der Waals surface area contributed by atoms with Gasteiger partial charge in [0.25, 0.3) is 0 Å². The Labute approximate surface area is 127 Å². The molecule has 0 bridgehead atoms. The van der Waals surface area contributed by atoms with Crippen molar-refractivity contribution in [1.29, 1.82) is 5.26 Å². The summed E-state index contributed by atoms with van der Waals surface area (Å²) in [5.41, 5.74) is 18.7. The zero-order valence-corrected chi connectivity index (χ0v) is 11.7. The molecule has 0 saturated heterocycles. The Kier molecular flexibility index (Phi) is 4.57. The van der Waals surface area contributed by atoms with Crippen molar-refractivity contribution in [2.24, 2.45) is 21.7 Å². The molecule has 7 heteroatoms. The summed E-state index contributed by atoms with van der Waals surface area (Å²) in [6.07, 6.45) is 6.84. The molecule has 1 aromatic heterocycles. The minimum atomic E-state index is -0.103. The summed E-state index contributed by atoms with van der Waals surface area (Å²) in [5.74, 6) is -0.103. The molecule has 6 N–H and O–H groups in total. The van der Waals surface area contributed by atoms with Crippen molar-refractivity contribution in [3.05, 3.63) is 53.9 Å². The molecular formula is C15H15N7. The molecule has 0 aliphatic carbocycles. The first kappa shape index (κ1) is 14.9. The summed E-state index contributed by atoms with van der Waals surface area (Å²) >= 11 is 0. The van der Waals surface area contributed by atoms with Crippen LogP contribution in [0.4, 0.5) is 5.69 Å². The molecule has 7 nitrogen and oxygen atoms in total. The summed E-state index contributed by atoms with van der Waals surface area (Å²) in [7, 11) is 0. The van der Waals surface area contributed by atoms with Crippen LogP contribution in [-0.2, 0) is 0 Å². The lowest BCUT2D eigenvalue weighted by atomic mass is 10.1. The van der Waals surface area contributed by atoms with Gasteiger partial charge < -0.3 is 21.8 Å². The van der Waals surface area contributed by atoms with Crippen LogP contribution in [0.25, 0.3) is 11.8 Å². The van der Waals surface area contributed by atoms with E-state index in [1.807, 2.05) is 29.0 Å². The third kappa shape index (κ3) is 3.52. The molecule has 110 valence electrons. The van der Waals surface area contributed by atoms with E-state index in [1.165, 1.54) is 6.21 Å². The van der Waals surface area contributed by atoms with Gasteiger partial charge in [0.1, 0.15) is 6.07 Å². The Morgan fingerprint density at radius 3 is 2.82 bits per heavy atom. The summed E-state index contributed by atoms with van der Waals surface area (Å²) < 4.78 is 1.88. The second-order valence-corrected chi connectivity index (χ2v) is 4.34. The van der Waals surface area contributed by atoms with Crippen LogP contribution in [0.2, 0.25) is 0 Å². The molecule has 0 aliphatic heterocycles. The second kappa shape index (κ2) is 6.76. The van der Waals surface area contributed by atoms with Gasteiger partial charge in [0.2, 0.25) is 5.96 Å².